The van der Waals surface area contributed by atoms with Gasteiger partial charge in [-0.25, -0.2) is 4.98 Å². The topological polar surface area (TPSA) is 39.9 Å². The molecule has 1 aromatic rings. The van der Waals surface area contributed by atoms with Crippen molar-refractivity contribution >= 4 is 5.82 Å². The quantitative estimate of drug-likeness (QED) is 0.621. The third-order valence-electron chi connectivity index (χ3n) is 1.61. The number of aromatic nitrogens is 1. The van der Waals surface area contributed by atoms with Crippen molar-refractivity contribution in [3.8, 4) is 17.9 Å². The van der Waals surface area contributed by atoms with E-state index in [2.05, 4.69) is 16.8 Å². The van der Waals surface area contributed by atoms with Crippen LogP contribution in [0.4, 0.5) is 5.82 Å². The Bertz CT molecular complexity index is 387. The summed E-state index contributed by atoms with van der Waals surface area (Å²) in [6, 6.07) is 5.76. The van der Waals surface area contributed by atoms with Crippen LogP contribution in [-0.2, 0) is 0 Å². The molecule has 0 aliphatic heterocycles. The normalized spacial score (nSPS) is 8.36. The molecule has 14 heavy (non-hydrogen) atoms. The fourth-order valence-electron chi connectivity index (χ4n) is 0.910. The maximum absolute atomic E-state index is 8.29. The van der Waals surface area contributed by atoms with Crippen molar-refractivity contribution in [2.75, 3.05) is 19.0 Å². The minimum atomic E-state index is 0.259. The number of pyridine rings is 1. The molecule has 3 heteroatoms. The van der Waals surface area contributed by atoms with E-state index in [1.54, 1.807) is 6.20 Å². The smallest absolute Gasteiger partial charge is 0.128 e. The number of hydrogen-bond donors (Lipinski definition) is 0. The Balaban J connectivity index is 2.76. The van der Waals surface area contributed by atoms with Gasteiger partial charge in [0.05, 0.1) is 12.5 Å². The van der Waals surface area contributed by atoms with Gasteiger partial charge in [0.2, 0.25) is 0 Å². The maximum atomic E-state index is 8.29. The van der Waals surface area contributed by atoms with E-state index >= 15 is 0 Å². The lowest BCUT2D eigenvalue weighted by atomic mass is 10.3. The van der Waals surface area contributed by atoms with Crippen molar-refractivity contribution in [1.82, 2.24) is 4.98 Å². The first-order chi connectivity index (χ1) is 6.74. The summed E-state index contributed by atoms with van der Waals surface area (Å²) < 4.78 is 0. The van der Waals surface area contributed by atoms with Crippen molar-refractivity contribution < 1.29 is 0 Å². The zero-order valence-corrected chi connectivity index (χ0v) is 8.28. The van der Waals surface area contributed by atoms with E-state index in [4.69, 9.17) is 5.26 Å². The lowest BCUT2D eigenvalue weighted by Gasteiger charge is -2.09. The van der Waals surface area contributed by atoms with Crippen LogP contribution in [0.25, 0.3) is 0 Å². The summed E-state index contributed by atoms with van der Waals surface area (Å²) in [5, 5.41) is 8.29. The summed E-state index contributed by atoms with van der Waals surface area (Å²) in [4.78, 5) is 6.12. The van der Waals surface area contributed by atoms with Crippen LogP contribution in [0.2, 0.25) is 0 Å². The SMILES string of the molecule is CN(C)c1ccc(C#CCC#N)cn1. The predicted octanol–water partition coefficient (Wildman–Crippen LogP) is 1.41. The second-order valence-corrected chi connectivity index (χ2v) is 2.94. The highest BCUT2D eigenvalue weighted by molar-refractivity contribution is 5.42. The molecule has 0 atom stereocenters. The van der Waals surface area contributed by atoms with Crippen LogP contribution in [-0.4, -0.2) is 19.1 Å². The molecule has 1 aromatic heterocycles. The Hall–Kier alpha value is -2.00. The van der Waals surface area contributed by atoms with Gasteiger partial charge in [-0.2, -0.15) is 5.26 Å². The van der Waals surface area contributed by atoms with Crippen LogP contribution in [0.15, 0.2) is 18.3 Å². The molecule has 1 rings (SSSR count). The fraction of sp³-hybridized carbons (Fsp3) is 0.273. The molecule has 0 N–H and O–H groups in total. The van der Waals surface area contributed by atoms with E-state index in [-0.39, 0.29) is 6.42 Å². The van der Waals surface area contributed by atoms with Crippen LogP contribution in [0.5, 0.6) is 0 Å². The molecule has 0 unspecified atom stereocenters. The van der Waals surface area contributed by atoms with Gasteiger partial charge in [-0.05, 0) is 12.1 Å². The average Bonchev–Trinajstić information content (AvgIpc) is 2.19. The van der Waals surface area contributed by atoms with Gasteiger partial charge >= 0.3 is 0 Å². The van der Waals surface area contributed by atoms with E-state index in [9.17, 15) is 0 Å². The third kappa shape index (κ3) is 2.80. The summed E-state index contributed by atoms with van der Waals surface area (Å²) in [6.07, 6.45) is 1.97. The molecule has 0 bridgehead atoms. The Kier molecular flexibility index (Phi) is 3.52. The molecule has 0 aliphatic carbocycles. The van der Waals surface area contributed by atoms with E-state index in [0.29, 0.717) is 0 Å². The molecule has 0 fully saturated rings. The molecule has 0 aliphatic rings. The van der Waals surface area contributed by atoms with E-state index in [1.165, 1.54) is 0 Å². The van der Waals surface area contributed by atoms with Crippen LogP contribution in [0.3, 0.4) is 0 Å². The van der Waals surface area contributed by atoms with Crippen LogP contribution >= 0.6 is 0 Å². The molecule has 0 saturated heterocycles. The van der Waals surface area contributed by atoms with Crippen molar-refractivity contribution in [1.29, 1.82) is 5.26 Å². The lowest BCUT2D eigenvalue weighted by Crippen LogP contribution is -2.10. The molecule has 0 spiro atoms. The van der Waals surface area contributed by atoms with Crippen molar-refractivity contribution in [3.63, 3.8) is 0 Å². The molecule has 0 radical (unpaired) electrons. The summed E-state index contributed by atoms with van der Waals surface area (Å²) in [5.41, 5.74) is 0.839. The zero-order valence-electron chi connectivity index (χ0n) is 8.28. The third-order valence-corrected chi connectivity index (χ3v) is 1.61. The van der Waals surface area contributed by atoms with Gasteiger partial charge in [-0.3, -0.25) is 0 Å². The standard InChI is InChI=1S/C11H11N3/c1-14(2)11-7-6-10(9-13-11)5-3-4-8-12/h6-7,9H,4H2,1-2H3. The number of anilines is 1. The molecule has 0 saturated carbocycles. The summed E-state index contributed by atoms with van der Waals surface area (Å²) in [6.45, 7) is 0. The molecule has 3 nitrogen and oxygen atoms in total. The molecule has 0 amide bonds. The summed E-state index contributed by atoms with van der Waals surface area (Å²) in [5.74, 6) is 6.49. The average molecular weight is 185 g/mol. The fourth-order valence-corrected chi connectivity index (χ4v) is 0.910. The van der Waals surface area contributed by atoms with Crippen LogP contribution in [0.1, 0.15) is 12.0 Å². The second-order valence-electron chi connectivity index (χ2n) is 2.94. The largest absolute Gasteiger partial charge is 0.363 e. The highest BCUT2D eigenvalue weighted by Crippen LogP contribution is 2.06. The van der Waals surface area contributed by atoms with E-state index < -0.39 is 0 Å². The van der Waals surface area contributed by atoms with E-state index in [1.807, 2.05) is 37.2 Å². The summed E-state index contributed by atoms with van der Waals surface area (Å²) >= 11 is 0. The van der Waals surface area contributed by atoms with Gasteiger partial charge in [0.15, 0.2) is 0 Å². The van der Waals surface area contributed by atoms with Gasteiger partial charge in [-0.15, -0.1) is 0 Å². The van der Waals surface area contributed by atoms with Gasteiger partial charge in [0.1, 0.15) is 5.82 Å². The Morgan fingerprint density at radius 1 is 1.43 bits per heavy atom. The highest BCUT2D eigenvalue weighted by Gasteiger charge is 1.94. The lowest BCUT2D eigenvalue weighted by molar-refractivity contribution is 1.07. The zero-order chi connectivity index (χ0) is 10.4. The first-order valence-electron chi connectivity index (χ1n) is 4.23. The first-order valence-corrected chi connectivity index (χ1v) is 4.23. The minimum Gasteiger partial charge on any atom is -0.363 e. The number of hydrogen-bond acceptors (Lipinski definition) is 3. The number of rotatable bonds is 1. The van der Waals surface area contributed by atoms with Crippen LogP contribution < -0.4 is 4.90 Å². The molecule has 1 heterocycles. The van der Waals surface area contributed by atoms with Gasteiger partial charge in [-0.1, -0.05) is 11.8 Å². The maximum Gasteiger partial charge on any atom is 0.128 e. The predicted molar refractivity (Wildman–Crippen MR) is 55.7 cm³/mol. The van der Waals surface area contributed by atoms with Crippen molar-refractivity contribution in [2.45, 2.75) is 6.42 Å². The summed E-state index contributed by atoms with van der Waals surface area (Å²) in [7, 11) is 3.87. The van der Waals surface area contributed by atoms with Crippen molar-refractivity contribution in [2.24, 2.45) is 0 Å². The molecular formula is C11H11N3. The monoisotopic (exact) mass is 185 g/mol. The molecule has 0 aromatic carbocycles. The first kappa shape index (κ1) is 10.1. The van der Waals surface area contributed by atoms with Gasteiger partial charge in [0.25, 0.3) is 0 Å². The molecular weight excluding hydrogens is 174 g/mol. The number of nitriles is 1. The highest BCUT2D eigenvalue weighted by atomic mass is 15.1. The van der Waals surface area contributed by atoms with Gasteiger partial charge < -0.3 is 4.90 Å². The minimum absolute atomic E-state index is 0.259. The van der Waals surface area contributed by atoms with Gasteiger partial charge in [0, 0.05) is 25.9 Å². The van der Waals surface area contributed by atoms with Crippen molar-refractivity contribution in [3.05, 3.63) is 23.9 Å². The van der Waals surface area contributed by atoms with Crippen LogP contribution in [0, 0.1) is 23.2 Å². The molecule has 70 valence electrons. The second kappa shape index (κ2) is 4.89. The number of nitrogens with zero attached hydrogens (tertiary/aromatic N) is 3. The Morgan fingerprint density at radius 3 is 2.71 bits per heavy atom. The Morgan fingerprint density at radius 2 is 2.21 bits per heavy atom. The van der Waals surface area contributed by atoms with E-state index in [0.717, 1.165) is 11.4 Å². The Labute approximate surface area is 84.0 Å².